The number of halogens is 1. The van der Waals surface area contributed by atoms with Gasteiger partial charge in [0.2, 0.25) is 0 Å². The van der Waals surface area contributed by atoms with Crippen LogP contribution in [0.1, 0.15) is 35.3 Å². The molecule has 0 aliphatic heterocycles. The Morgan fingerprint density at radius 2 is 2.10 bits per heavy atom. The molecule has 1 aromatic heterocycles. The van der Waals surface area contributed by atoms with E-state index in [4.69, 9.17) is 5.84 Å². The van der Waals surface area contributed by atoms with Gasteiger partial charge in [0.25, 0.3) is 0 Å². The fraction of sp³-hybridized carbons (Fsp3) is 0.312. The molecule has 3 N–H and O–H groups in total. The first-order chi connectivity index (χ1) is 9.65. The van der Waals surface area contributed by atoms with Crippen molar-refractivity contribution in [3.05, 3.63) is 63.4 Å². The van der Waals surface area contributed by atoms with Crippen LogP contribution in [-0.2, 0) is 12.8 Å². The topological polar surface area (TPSA) is 50.9 Å². The summed E-state index contributed by atoms with van der Waals surface area (Å²) in [6.45, 7) is 4.21. The van der Waals surface area contributed by atoms with Crippen LogP contribution in [0.15, 0.2) is 41.0 Å². The van der Waals surface area contributed by atoms with Gasteiger partial charge in [0.1, 0.15) is 0 Å². The van der Waals surface area contributed by atoms with E-state index in [9.17, 15) is 0 Å². The van der Waals surface area contributed by atoms with Crippen molar-refractivity contribution < 1.29 is 0 Å². The molecule has 0 spiro atoms. The summed E-state index contributed by atoms with van der Waals surface area (Å²) in [6, 6.07) is 10.5. The molecule has 2 aromatic rings. The van der Waals surface area contributed by atoms with Gasteiger partial charge in [0.15, 0.2) is 0 Å². The molecular formula is C16H20BrN3. The lowest BCUT2D eigenvalue weighted by Gasteiger charge is -2.18. The molecule has 1 aromatic carbocycles. The molecule has 0 radical (unpaired) electrons. The molecule has 1 atom stereocenters. The Labute approximate surface area is 128 Å². The summed E-state index contributed by atoms with van der Waals surface area (Å²) in [5.74, 6) is 5.73. The highest BCUT2D eigenvalue weighted by atomic mass is 79.9. The van der Waals surface area contributed by atoms with Crippen molar-refractivity contribution in [1.29, 1.82) is 0 Å². The zero-order valence-corrected chi connectivity index (χ0v) is 13.4. The predicted octanol–water partition coefficient (Wildman–Crippen LogP) is 3.46. The van der Waals surface area contributed by atoms with E-state index in [-0.39, 0.29) is 6.04 Å². The summed E-state index contributed by atoms with van der Waals surface area (Å²) >= 11 is 3.64. The van der Waals surface area contributed by atoms with Crippen LogP contribution >= 0.6 is 15.9 Å². The highest BCUT2D eigenvalue weighted by Crippen LogP contribution is 2.28. The first-order valence-electron chi connectivity index (χ1n) is 6.80. The average molecular weight is 334 g/mol. The molecule has 4 heteroatoms. The zero-order chi connectivity index (χ0) is 14.5. The van der Waals surface area contributed by atoms with Crippen molar-refractivity contribution in [3.8, 4) is 0 Å². The number of hydrogen-bond acceptors (Lipinski definition) is 3. The molecular weight excluding hydrogens is 314 g/mol. The molecule has 0 amide bonds. The summed E-state index contributed by atoms with van der Waals surface area (Å²) in [4.78, 5) is 4.50. The van der Waals surface area contributed by atoms with E-state index in [0.717, 1.165) is 28.6 Å². The van der Waals surface area contributed by atoms with E-state index >= 15 is 0 Å². The number of aromatic nitrogens is 1. The average Bonchev–Trinajstić information content (AvgIpc) is 2.48. The van der Waals surface area contributed by atoms with Gasteiger partial charge in [-0.1, -0.05) is 47.1 Å². The first-order valence-corrected chi connectivity index (χ1v) is 7.60. The van der Waals surface area contributed by atoms with Gasteiger partial charge in [-0.2, -0.15) is 0 Å². The van der Waals surface area contributed by atoms with Gasteiger partial charge in [-0.3, -0.25) is 16.3 Å². The lowest BCUT2D eigenvalue weighted by molar-refractivity contribution is 0.543. The van der Waals surface area contributed by atoms with E-state index in [1.54, 1.807) is 0 Å². The van der Waals surface area contributed by atoms with Crippen molar-refractivity contribution in [2.75, 3.05) is 0 Å². The van der Waals surface area contributed by atoms with Gasteiger partial charge in [-0.15, -0.1) is 0 Å². The summed E-state index contributed by atoms with van der Waals surface area (Å²) in [5.41, 5.74) is 7.55. The second kappa shape index (κ2) is 6.97. The number of rotatable bonds is 5. The van der Waals surface area contributed by atoms with Gasteiger partial charge in [-0.25, -0.2) is 0 Å². The van der Waals surface area contributed by atoms with Crippen molar-refractivity contribution >= 4 is 15.9 Å². The molecule has 0 aliphatic rings. The maximum Gasteiger partial charge on any atom is 0.0526 e. The molecule has 1 heterocycles. The van der Waals surface area contributed by atoms with Crippen molar-refractivity contribution in [3.63, 3.8) is 0 Å². The molecule has 3 nitrogen and oxygen atoms in total. The van der Waals surface area contributed by atoms with E-state index in [2.05, 4.69) is 64.5 Å². The first kappa shape index (κ1) is 15.2. The third kappa shape index (κ3) is 3.45. The van der Waals surface area contributed by atoms with Gasteiger partial charge < -0.3 is 0 Å². The lowest BCUT2D eigenvalue weighted by Crippen LogP contribution is -2.30. The quantitative estimate of drug-likeness (QED) is 0.650. The van der Waals surface area contributed by atoms with E-state index in [1.165, 1.54) is 11.1 Å². The minimum Gasteiger partial charge on any atom is -0.271 e. The van der Waals surface area contributed by atoms with Crippen LogP contribution in [0, 0.1) is 6.92 Å². The number of nitrogens with two attached hydrogens (primary N) is 1. The number of pyridine rings is 1. The molecule has 1 unspecified atom stereocenters. The monoisotopic (exact) mass is 333 g/mol. The smallest absolute Gasteiger partial charge is 0.0526 e. The Balaban J connectivity index is 2.21. The van der Waals surface area contributed by atoms with Crippen LogP contribution in [-0.4, -0.2) is 4.98 Å². The number of nitrogens with one attached hydrogen (secondary N) is 1. The molecule has 20 heavy (non-hydrogen) atoms. The molecule has 106 valence electrons. The van der Waals surface area contributed by atoms with Gasteiger partial charge >= 0.3 is 0 Å². The molecule has 0 fully saturated rings. The number of hydrogen-bond donors (Lipinski definition) is 2. The molecule has 2 rings (SSSR count). The van der Waals surface area contributed by atoms with E-state index < -0.39 is 0 Å². The maximum atomic E-state index is 5.73. The van der Waals surface area contributed by atoms with Crippen LogP contribution in [0.3, 0.4) is 0 Å². The lowest BCUT2D eigenvalue weighted by atomic mass is 10.00. The van der Waals surface area contributed by atoms with E-state index in [0.29, 0.717) is 0 Å². The maximum absolute atomic E-state index is 5.73. The third-order valence-corrected chi connectivity index (χ3v) is 4.59. The summed E-state index contributed by atoms with van der Waals surface area (Å²) < 4.78 is 1.10. The molecule has 0 bridgehead atoms. The predicted molar refractivity (Wildman–Crippen MR) is 86.3 cm³/mol. The number of hydrazine groups is 1. The van der Waals surface area contributed by atoms with Gasteiger partial charge in [0.05, 0.1) is 6.04 Å². The molecule has 0 saturated carbocycles. The Bertz CT molecular complexity index is 566. The Morgan fingerprint density at radius 1 is 1.30 bits per heavy atom. The van der Waals surface area contributed by atoms with Crippen LogP contribution < -0.4 is 11.3 Å². The second-order valence-corrected chi connectivity index (χ2v) is 5.71. The second-order valence-electron chi connectivity index (χ2n) is 4.91. The summed E-state index contributed by atoms with van der Waals surface area (Å²) in [6.07, 6.45) is 3.71. The van der Waals surface area contributed by atoms with Crippen LogP contribution in [0.2, 0.25) is 0 Å². The molecule has 0 saturated heterocycles. The van der Waals surface area contributed by atoms with Crippen LogP contribution in [0.5, 0.6) is 0 Å². The number of nitrogens with zero attached hydrogens (tertiary/aromatic N) is 1. The van der Waals surface area contributed by atoms with Crippen molar-refractivity contribution in [2.45, 2.75) is 32.7 Å². The van der Waals surface area contributed by atoms with Crippen molar-refractivity contribution in [2.24, 2.45) is 5.84 Å². The SMILES string of the molecule is CCc1ccc(CC(NN)c2cccc(C)c2Br)nc1. The minimum absolute atomic E-state index is 0.0456. The van der Waals surface area contributed by atoms with Gasteiger partial charge in [-0.05, 0) is 36.1 Å². The fourth-order valence-electron chi connectivity index (χ4n) is 2.19. The van der Waals surface area contributed by atoms with Crippen molar-refractivity contribution in [1.82, 2.24) is 10.4 Å². The number of benzene rings is 1. The minimum atomic E-state index is 0.0456. The zero-order valence-electron chi connectivity index (χ0n) is 11.9. The normalized spacial score (nSPS) is 12.4. The Hall–Kier alpha value is -1.23. The third-order valence-electron chi connectivity index (χ3n) is 3.51. The largest absolute Gasteiger partial charge is 0.271 e. The van der Waals surface area contributed by atoms with E-state index in [1.807, 2.05) is 12.3 Å². The fourth-order valence-corrected chi connectivity index (χ4v) is 2.73. The highest BCUT2D eigenvalue weighted by Gasteiger charge is 2.15. The summed E-state index contributed by atoms with van der Waals surface area (Å²) in [5, 5.41) is 0. The number of aryl methyl sites for hydroxylation is 2. The van der Waals surface area contributed by atoms with Gasteiger partial charge in [0, 0.05) is 22.8 Å². The Kier molecular flexibility index (Phi) is 5.29. The summed E-state index contributed by atoms with van der Waals surface area (Å²) in [7, 11) is 0. The van der Waals surface area contributed by atoms with Crippen LogP contribution in [0.4, 0.5) is 0 Å². The highest BCUT2D eigenvalue weighted by molar-refractivity contribution is 9.10. The Morgan fingerprint density at radius 3 is 2.70 bits per heavy atom. The molecule has 0 aliphatic carbocycles. The van der Waals surface area contributed by atoms with Crippen LogP contribution in [0.25, 0.3) is 0 Å². The standard InChI is InChI=1S/C16H20BrN3/c1-3-12-7-8-13(19-10-12)9-15(20-18)14-6-4-5-11(2)16(14)17/h4-8,10,15,20H,3,9,18H2,1-2H3.